The van der Waals surface area contributed by atoms with Gasteiger partial charge in [-0.25, -0.2) is 4.98 Å². The van der Waals surface area contributed by atoms with Crippen LogP contribution in [-0.4, -0.2) is 40.3 Å². The second kappa shape index (κ2) is 8.33. The fourth-order valence-electron chi connectivity index (χ4n) is 3.59. The Balaban J connectivity index is 0.00000196. The van der Waals surface area contributed by atoms with Gasteiger partial charge in [0, 0.05) is 48.4 Å². The van der Waals surface area contributed by atoms with Crippen molar-refractivity contribution in [2.45, 2.75) is 37.8 Å². The van der Waals surface area contributed by atoms with E-state index >= 15 is 0 Å². The molecule has 26 heavy (non-hydrogen) atoms. The van der Waals surface area contributed by atoms with Crippen molar-refractivity contribution in [3.05, 3.63) is 35.6 Å². The van der Waals surface area contributed by atoms with Crippen LogP contribution in [0, 0.1) is 0 Å². The number of carbonyl (C=O) groups is 1. The monoisotopic (exact) mass is 393 g/mol. The summed E-state index contributed by atoms with van der Waals surface area (Å²) in [5.74, 6) is 0.876. The maximum Gasteiger partial charge on any atom is 0.259 e. The van der Waals surface area contributed by atoms with Crippen LogP contribution in [-0.2, 0) is 4.79 Å². The van der Waals surface area contributed by atoms with Crippen molar-refractivity contribution in [2.24, 2.45) is 5.73 Å². The summed E-state index contributed by atoms with van der Waals surface area (Å²) in [6.45, 7) is 0.870. The highest BCUT2D eigenvalue weighted by atomic mass is 35.5. The van der Waals surface area contributed by atoms with E-state index in [1.807, 2.05) is 24.5 Å². The summed E-state index contributed by atoms with van der Waals surface area (Å²) in [4.78, 5) is 23.1. The van der Waals surface area contributed by atoms with Crippen LogP contribution < -0.4 is 16.0 Å². The lowest BCUT2D eigenvalue weighted by Crippen LogP contribution is -2.49. The molecule has 0 spiro atoms. The van der Waals surface area contributed by atoms with Gasteiger partial charge in [-0.15, -0.1) is 24.2 Å². The molecule has 8 heteroatoms. The van der Waals surface area contributed by atoms with Gasteiger partial charge in [0.25, 0.3) is 5.91 Å². The van der Waals surface area contributed by atoms with E-state index in [4.69, 9.17) is 5.73 Å². The van der Waals surface area contributed by atoms with Crippen LogP contribution in [0.15, 0.2) is 35.6 Å². The number of H-pyrrole nitrogens is 1. The summed E-state index contributed by atoms with van der Waals surface area (Å²) in [7, 11) is 0. The predicted molar refractivity (Wildman–Crippen MR) is 110 cm³/mol. The van der Waals surface area contributed by atoms with E-state index in [0.29, 0.717) is 0 Å². The molecular formula is C18H24ClN5OS. The number of carbonyl (C=O) groups excluding carboxylic acids is 1. The van der Waals surface area contributed by atoms with Crippen molar-refractivity contribution in [2.75, 3.05) is 17.2 Å². The van der Waals surface area contributed by atoms with Crippen molar-refractivity contribution in [3.8, 4) is 0 Å². The number of aromatic amines is 1. The quantitative estimate of drug-likeness (QED) is 0.746. The summed E-state index contributed by atoms with van der Waals surface area (Å²) in [5, 5.41) is 4.21. The van der Waals surface area contributed by atoms with Gasteiger partial charge in [-0.3, -0.25) is 4.79 Å². The molecule has 1 aliphatic carbocycles. The maximum atomic E-state index is 12.7. The van der Waals surface area contributed by atoms with Crippen LogP contribution in [0.5, 0.6) is 0 Å². The topological polar surface area (TPSA) is 87.0 Å². The van der Waals surface area contributed by atoms with Gasteiger partial charge in [0.2, 0.25) is 0 Å². The number of hydrogen-bond donors (Lipinski definition) is 3. The summed E-state index contributed by atoms with van der Waals surface area (Å²) >= 11 is 1.61. The first-order valence-electron chi connectivity index (χ1n) is 8.82. The first kappa shape index (κ1) is 19.1. The number of nitrogens with one attached hydrogen (secondary N) is 2. The molecule has 3 heterocycles. The number of thioether (sulfide) groups is 1. The van der Waals surface area contributed by atoms with Crippen molar-refractivity contribution in [1.29, 1.82) is 0 Å². The highest BCUT2D eigenvalue weighted by Crippen LogP contribution is 2.30. The number of halogens is 1. The van der Waals surface area contributed by atoms with Gasteiger partial charge in [-0.05, 0) is 25.0 Å². The van der Waals surface area contributed by atoms with Gasteiger partial charge >= 0.3 is 0 Å². The molecule has 1 aliphatic heterocycles. The Morgan fingerprint density at radius 1 is 1.35 bits per heavy atom. The molecule has 4 rings (SSSR count). The molecule has 2 aliphatic rings. The molecule has 2 aromatic rings. The summed E-state index contributed by atoms with van der Waals surface area (Å²) < 4.78 is 0. The highest BCUT2D eigenvalue weighted by Gasteiger charge is 2.26. The van der Waals surface area contributed by atoms with Crippen LogP contribution in [0.4, 0.5) is 5.69 Å². The third-order valence-electron chi connectivity index (χ3n) is 4.97. The van der Waals surface area contributed by atoms with E-state index in [1.165, 1.54) is 0 Å². The number of nitrogens with two attached hydrogens (primary N) is 1. The van der Waals surface area contributed by atoms with Crippen LogP contribution >= 0.6 is 24.2 Å². The Hall–Kier alpha value is -1.70. The molecular weight excluding hydrogens is 370 g/mol. The SMILES string of the molecule is Cl.N[C@@H]1CCCC[C@@H]1NC(=O)C1=CN(c2ccnc3[nH]ccc23)CCS1. The lowest BCUT2D eigenvalue weighted by atomic mass is 9.91. The average Bonchev–Trinajstić information content (AvgIpc) is 3.12. The van der Waals surface area contributed by atoms with Crippen molar-refractivity contribution in [1.82, 2.24) is 15.3 Å². The van der Waals surface area contributed by atoms with Crippen LogP contribution in [0.2, 0.25) is 0 Å². The first-order chi connectivity index (χ1) is 12.2. The maximum absolute atomic E-state index is 12.7. The third-order valence-corrected chi connectivity index (χ3v) is 5.96. The minimum absolute atomic E-state index is 0. The van der Waals surface area contributed by atoms with Gasteiger partial charge in [0.1, 0.15) is 5.65 Å². The second-order valence-electron chi connectivity index (χ2n) is 6.63. The van der Waals surface area contributed by atoms with Gasteiger partial charge in [-0.1, -0.05) is 12.8 Å². The highest BCUT2D eigenvalue weighted by molar-refractivity contribution is 8.04. The van der Waals surface area contributed by atoms with E-state index in [1.54, 1.807) is 18.0 Å². The van der Waals surface area contributed by atoms with Gasteiger partial charge in [-0.2, -0.15) is 0 Å². The number of nitrogens with zero attached hydrogens (tertiary/aromatic N) is 2. The normalized spacial score (nSPS) is 23.3. The minimum atomic E-state index is -0.00332. The number of rotatable bonds is 3. The molecule has 140 valence electrons. The largest absolute Gasteiger partial charge is 0.347 e. The fraction of sp³-hybridized carbons (Fsp3) is 0.444. The molecule has 0 bridgehead atoms. The lowest BCUT2D eigenvalue weighted by molar-refractivity contribution is -0.117. The first-order valence-corrected chi connectivity index (χ1v) is 9.81. The van der Waals surface area contributed by atoms with Gasteiger partial charge < -0.3 is 20.9 Å². The Morgan fingerprint density at radius 3 is 3.04 bits per heavy atom. The number of pyridine rings is 1. The van der Waals surface area contributed by atoms with E-state index in [0.717, 1.165) is 59.6 Å². The zero-order valence-corrected chi connectivity index (χ0v) is 16.1. The van der Waals surface area contributed by atoms with Gasteiger partial charge in [0.15, 0.2) is 0 Å². The molecule has 1 amide bonds. The molecule has 2 atom stereocenters. The minimum Gasteiger partial charge on any atom is -0.347 e. The van der Waals surface area contributed by atoms with Crippen LogP contribution in [0.25, 0.3) is 11.0 Å². The number of fused-ring (bicyclic) bond motifs is 1. The van der Waals surface area contributed by atoms with E-state index in [-0.39, 0.29) is 30.4 Å². The van der Waals surface area contributed by atoms with Crippen molar-refractivity contribution in [3.63, 3.8) is 0 Å². The number of aromatic nitrogens is 2. The second-order valence-corrected chi connectivity index (χ2v) is 7.77. The molecule has 1 fully saturated rings. The molecule has 1 saturated carbocycles. The molecule has 4 N–H and O–H groups in total. The standard InChI is InChI=1S/C18H23N5OS.ClH/c19-13-3-1-2-4-14(13)22-18(24)16-11-23(9-10-25-16)15-6-8-21-17-12(15)5-7-20-17;/h5-8,11,13-14H,1-4,9-10,19H2,(H,20,21)(H,22,24);1H/t13-,14+;/m1./s1. The van der Waals surface area contributed by atoms with Crippen molar-refractivity contribution < 1.29 is 4.79 Å². The average molecular weight is 394 g/mol. The zero-order chi connectivity index (χ0) is 17.2. The summed E-state index contributed by atoms with van der Waals surface area (Å²) in [6, 6.07) is 4.18. The molecule has 0 radical (unpaired) electrons. The Labute approximate surface area is 163 Å². The van der Waals surface area contributed by atoms with Crippen LogP contribution in [0.1, 0.15) is 25.7 Å². The van der Waals surface area contributed by atoms with Crippen LogP contribution in [0.3, 0.4) is 0 Å². The van der Waals surface area contributed by atoms with E-state index in [2.05, 4.69) is 20.2 Å². The lowest BCUT2D eigenvalue weighted by Gasteiger charge is -2.31. The van der Waals surface area contributed by atoms with Crippen molar-refractivity contribution >= 4 is 46.8 Å². The molecule has 0 unspecified atom stereocenters. The molecule has 0 aromatic carbocycles. The number of amides is 1. The Kier molecular flexibility index (Phi) is 6.11. The molecule has 6 nitrogen and oxygen atoms in total. The number of hydrogen-bond acceptors (Lipinski definition) is 5. The van der Waals surface area contributed by atoms with E-state index < -0.39 is 0 Å². The smallest absolute Gasteiger partial charge is 0.259 e. The molecule has 0 saturated heterocycles. The third kappa shape index (κ3) is 3.84. The number of anilines is 1. The Bertz CT molecular complexity index is 808. The van der Waals surface area contributed by atoms with E-state index in [9.17, 15) is 4.79 Å². The van der Waals surface area contributed by atoms with Gasteiger partial charge in [0.05, 0.1) is 10.6 Å². The summed E-state index contributed by atoms with van der Waals surface area (Å²) in [6.07, 6.45) is 9.91. The Morgan fingerprint density at radius 2 is 2.19 bits per heavy atom. The zero-order valence-electron chi connectivity index (χ0n) is 14.5. The predicted octanol–water partition coefficient (Wildman–Crippen LogP) is 2.77. The molecule has 2 aromatic heterocycles. The summed E-state index contributed by atoms with van der Waals surface area (Å²) in [5.41, 5.74) is 8.10. The fourth-order valence-corrected chi connectivity index (χ4v) is 4.49.